The van der Waals surface area contributed by atoms with Gasteiger partial charge < -0.3 is 5.11 Å². The summed E-state index contributed by atoms with van der Waals surface area (Å²) in [4.78, 5) is 10.6. The van der Waals surface area contributed by atoms with E-state index in [0.29, 0.717) is 0 Å². The third-order valence-electron chi connectivity index (χ3n) is 1.57. The van der Waals surface area contributed by atoms with Crippen LogP contribution in [0.3, 0.4) is 0 Å². The highest BCUT2D eigenvalue weighted by Gasteiger charge is 2.09. The van der Waals surface area contributed by atoms with Gasteiger partial charge in [0.05, 0.1) is 18.1 Å². The predicted octanol–water partition coefficient (Wildman–Crippen LogP) is 1.59. The van der Waals surface area contributed by atoms with Gasteiger partial charge in [0.15, 0.2) is 0 Å². The predicted molar refractivity (Wildman–Crippen MR) is 42.7 cm³/mol. The quantitative estimate of drug-likeness (QED) is 0.749. The van der Waals surface area contributed by atoms with Crippen molar-refractivity contribution >= 4 is 5.97 Å². The molecule has 1 aromatic carbocycles. The first-order chi connectivity index (χ1) is 6.15. The molecule has 0 bridgehead atoms. The van der Waals surface area contributed by atoms with Gasteiger partial charge in [-0.2, -0.15) is 5.26 Å². The zero-order valence-electron chi connectivity index (χ0n) is 6.62. The zero-order valence-corrected chi connectivity index (χ0v) is 6.62. The van der Waals surface area contributed by atoms with Crippen LogP contribution in [0.2, 0.25) is 0 Å². The molecule has 0 atom stereocenters. The molecule has 0 aliphatic rings. The van der Waals surface area contributed by atoms with Crippen molar-refractivity contribution in [3.8, 4) is 6.07 Å². The van der Waals surface area contributed by atoms with Crippen molar-refractivity contribution in [2.45, 2.75) is 6.42 Å². The lowest BCUT2D eigenvalue weighted by molar-refractivity contribution is 0.0696. The molecule has 1 rings (SSSR count). The minimum atomic E-state index is -1.15. The summed E-state index contributed by atoms with van der Waals surface area (Å²) in [5.74, 6) is -1.68. The minimum absolute atomic E-state index is 0.0250. The molecule has 0 saturated carbocycles. The molecule has 0 amide bonds. The van der Waals surface area contributed by atoms with E-state index < -0.39 is 11.8 Å². The number of hydrogen-bond donors (Lipinski definition) is 1. The highest BCUT2D eigenvalue weighted by molar-refractivity contribution is 5.89. The number of carboxylic acid groups (broad SMARTS) is 1. The average molecular weight is 179 g/mol. The highest BCUT2D eigenvalue weighted by atomic mass is 19.1. The van der Waals surface area contributed by atoms with Crippen molar-refractivity contribution in [2.75, 3.05) is 0 Å². The smallest absolute Gasteiger partial charge is 0.336 e. The van der Waals surface area contributed by atoms with Gasteiger partial charge in [0.25, 0.3) is 0 Å². The maximum Gasteiger partial charge on any atom is 0.336 e. The SMILES string of the molecule is N#CCc1cc(F)ccc1C(=O)O. The van der Waals surface area contributed by atoms with Crippen LogP contribution >= 0.6 is 0 Å². The fourth-order valence-corrected chi connectivity index (χ4v) is 1.00. The molecule has 0 unspecified atom stereocenters. The Hall–Kier alpha value is -1.89. The molecule has 0 radical (unpaired) electrons. The number of hydrogen-bond acceptors (Lipinski definition) is 2. The first kappa shape index (κ1) is 9.20. The van der Waals surface area contributed by atoms with Crippen LogP contribution in [0.1, 0.15) is 15.9 Å². The number of benzene rings is 1. The van der Waals surface area contributed by atoms with E-state index in [2.05, 4.69) is 0 Å². The van der Waals surface area contributed by atoms with Crippen LogP contribution in [0.4, 0.5) is 4.39 Å². The van der Waals surface area contributed by atoms with Crippen molar-refractivity contribution < 1.29 is 14.3 Å². The van der Waals surface area contributed by atoms with Crippen molar-refractivity contribution in [3.63, 3.8) is 0 Å². The molecule has 4 heteroatoms. The maximum absolute atomic E-state index is 12.6. The topological polar surface area (TPSA) is 61.1 Å². The Morgan fingerprint density at radius 1 is 1.62 bits per heavy atom. The summed E-state index contributed by atoms with van der Waals surface area (Å²) in [5, 5.41) is 17.0. The van der Waals surface area contributed by atoms with Gasteiger partial charge in [-0.25, -0.2) is 9.18 Å². The van der Waals surface area contributed by atoms with Crippen LogP contribution < -0.4 is 0 Å². The van der Waals surface area contributed by atoms with E-state index in [9.17, 15) is 9.18 Å². The fraction of sp³-hybridized carbons (Fsp3) is 0.111. The maximum atomic E-state index is 12.6. The lowest BCUT2D eigenvalue weighted by atomic mass is 10.1. The van der Waals surface area contributed by atoms with E-state index in [0.717, 1.165) is 18.2 Å². The number of carbonyl (C=O) groups is 1. The van der Waals surface area contributed by atoms with Crippen molar-refractivity contribution in [3.05, 3.63) is 35.1 Å². The molecule has 1 N–H and O–H groups in total. The van der Waals surface area contributed by atoms with E-state index in [1.54, 1.807) is 6.07 Å². The lowest BCUT2D eigenvalue weighted by Crippen LogP contribution is -2.02. The van der Waals surface area contributed by atoms with Crippen LogP contribution in [0.5, 0.6) is 0 Å². The van der Waals surface area contributed by atoms with Gasteiger partial charge >= 0.3 is 5.97 Å². The molecular formula is C9H6FNO2. The van der Waals surface area contributed by atoms with Crippen LogP contribution in [0.15, 0.2) is 18.2 Å². The van der Waals surface area contributed by atoms with Gasteiger partial charge in [0.2, 0.25) is 0 Å². The van der Waals surface area contributed by atoms with Crippen LogP contribution in [-0.4, -0.2) is 11.1 Å². The Balaban J connectivity index is 3.20. The molecule has 0 aliphatic carbocycles. The number of rotatable bonds is 2. The number of halogens is 1. The lowest BCUT2D eigenvalue weighted by Gasteiger charge is -2.00. The molecule has 0 spiro atoms. The number of carboxylic acids is 1. The van der Waals surface area contributed by atoms with E-state index >= 15 is 0 Å². The Morgan fingerprint density at radius 3 is 2.85 bits per heavy atom. The summed E-state index contributed by atoms with van der Waals surface area (Å²) in [5.41, 5.74) is 0.179. The second-order valence-corrected chi connectivity index (χ2v) is 2.44. The second kappa shape index (κ2) is 3.68. The van der Waals surface area contributed by atoms with Gasteiger partial charge in [0, 0.05) is 0 Å². The third-order valence-corrected chi connectivity index (χ3v) is 1.57. The van der Waals surface area contributed by atoms with Gasteiger partial charge in [-0.3, -0.25) is 0 Å². The monoisotopic (exact) mass is 179 g/mol. The molecule has 0 heterocycles. The highest BCUT2D eigenvalue weighted by Crippen LogP contribution is 2.11. The number of nitriles is 1. The van der Waals surface area contributed by atoms with E-state index in [-0.39, 0.29) is 17.5 Å². The summed E-state index contributed by atoms with van der Waals surface area (Å²) in [6, 6.07) is 5.06. The van der Waals surface area contributed by atoms with Crippen molar-refractivity contribution in [1.82, 2.24) is 0 Å². The molecular weight excluding hydrogens is 173 g/mol. The molecule has 1 aromatic rings. The van der Waals surface area contributed by atoms with Gasteiger partial charge in [0.1, 0.15) is 5.82 Å². The molecule has 0 aromatic heterocycles. The summed E-state index contributed by atoms with van der Waals surface area (Å²) < 4.78 is 12.6. The van der Waals surface area contributed by atoms with E-state index in [1.807, 2.05) is 0 Å². The van der Waals surface area contributed by atoms with Crippen molar-refractivity contribution in [2.24, 2.45) is 0 Å². The number of aromatic carboxylic acids is 1. The average Bonchev–Trinajstić information content (AvgIpc) is 2.04. The normalized spacial score (nSPS) is 9.23. The van der Waals surface area contributed by atoms with Crippen LogP contribution in [0, 0.1) is 17.1 Å². The Bertz CT molecular complexity index is 382. The standard InChI is InChI=1S/C9H6FNO2/c10-7-1-2-8(9(12)13)6(5-7)3-4-11/h1-2,5H,3H2,(H,12,13). The largest absolute Gasteiger partial charge is 0.478 e. The Kier molecular flexibility index (Phi) is 2.60. The fourth-order valence-electron chi connectivity index (χ4n) is 1.00. The van der Waals surface area contributed by atoms with Crippen LogP contribution in [-0.2, 0) is 6.42 Å². The van der Waals surface area contributed by atoms with Gasteiger partial charge in [-0.1, -0.05) is 0 Å². The molecule has 0 aliphatic heterocycles. The molecule has 0 saturated heterocycles. The molecule has 66 valence electrons. The zero-order chi connectivity index (χ0) is 9.84. The summed E-state index contributed by atoms with van der Waals surface area (Å²) in [6.45, 7) is 0. The first-order valence-electron chi connectivity index (χ1n) is 3.54. The van der Waals surface area contributed by atoms with E-state index in [1.165, 1.54) is 0 Å². The van der Waals surface area contributed by atoms with Crippen LogP contribution in [0.25, 0.3) is 0 Å². The summed E-state index contributed by atoms with van der Waals surface area (Å²) in [7, 11) is 0. The minimum Gasteiger partial charge on any atom is -0.478 e. The van der Waals surface area contributed by atoms with E-state index in [4.69, 9.17) is 10.4 Å². The number of nitrogens with zero attached hydrogens (tertiary/aromatic N) is 1. The molecule has 13 heavy (non-hydrogen) atoms. The Labute approximate surface area is 74.0 Å². The Morgan fingerprint density at radius 2 is 2.31 bits per heavy atom. The summed E-state index contributed by atoms with van der Waals surface area (Å²) >= 11 is 0. The third kappa shape index (κ3) is 2.03. The summed E-state index contributed by atoms with van der Waals surface area (Å²) in [6.07, 6.45) is -0.0978. The van der Waals surface area contributed by atoms with Gasteiger partial charge in [-0.05, 0) is 23.8 Å². The molecule has 3 nitrogen and oxygen atoms in total. The van der Waals surface area contributed by atoms with Gasteiger partial charge in [-0.15, -0.1) is 0 Å². The van der Waals surface area contributed by atoms with Crippen molar-refractivity contribution in [1.29, 1.82) is 5.26 Å². The second-order valence-electron chi connectivity index (χ2n) is 2.44. The molecule has 0 fully saturated rings. The first-order valence-corrected chi connectivity index (χ1v) is 3.54.